The summed E-state index contributed by atoms with van der Waals surface area (Å²) in [5.74, 6) is 0. The van der Waals surface area contributed by atoms with Crippen LogP contribution in [0.5, 0.6) is 0 Å². The van der Waals surface area contributed by atoms with Gasteiger partial charge in [-0.3, -0.25) is 4.90 Å². The molecule has 0 saturated carbocycles. The molecule has 2 atom stereocenters. The first-order valence-corrected chi connectivity index (χ1v) is 6.44. The SMILES string of the molecule is C=CCN1CC(c2ccccc2)NCCC1C. The van der Waals surface area contributed by atoms with Crippen LogP contribution in [-0.4, -0.2) is 30.6 Å². The van der Waals surface area contributed by atoms with Crippen molar-refractivity contribution >= 4 is 0 Å². The fraction of sp³-hybridized carbons (Fsp3) is 0.467. The van der Waals surface area contributed by atoms with Crippen molar-refractivity contribution in [1.29, 1.82) is 0 Å². The lowest BCUT2D eigenvalue weighted by Crippen LogP contribution is -2.35. The van der Waals surface area contributed by atoms with Crippen molar-refractivity contribution < 1.29 is 0 Å². The van der Waals surface area contributed by atoms with Crippen molar-refractivity contribution in [2.24, 2.45) is 0 Å². The molecule has 2 nitrogen and oxygen atoms in total. The van der Waals surface area contributed by atoms with Crippen LogP contribution in [0.2, 0.25) is 0 Å². The first-order valence-electron chi connectivity index (χ1n) is 6.44. The number of benzene rings is 1. The summed E-state index contributed by atoms with van der Waals surface area (Å²) in [5, 5.41) is 3.64. The van der Waals surface area contributed by atoms with Gasteiger partial charge >= 0.3 is 0 Å². The van der Waals surface area contributed by atoms with Gasteiger partial charge in [-0.25, -0.2) is 0 Å². The van der Waals surface area contributed by atoms with Crippen LogP contribution in [0.3, 0.4) is 0 Å². The van der Waals surface area contributed by atoms with Gasteiger partial charge in [0.25, 0.3) is 0 Å². The lowest BCUT2D eigenvalue weighted by atomic mass is 10.1. The minimum absolute atomic E-state index is 0.445. The van der Waals surface area contributed by atoms with E-state index in [1.54, 1.807) is 0 Å². The van der Waals surface area contributed by atoms with Crippen molar-refractivity contribution in [1.82, 2.24) is 10.2 Å². The zero-order valence-electron chi connectivity index (χ0n) is 10.6. The average Bonchev–Trinajstić information content (AvgIpc) is 2.54. The van der Waals surface area contributed by atoms with E-state index < -0.39 is 0 Å². The Hall–Kier alpha value is -1.12. The van der Waals surface area contributed by atoms with Crippen molar-refractivity contribution in [3.05, 3.63) is 48.6 Å². The Labute approximate surface area is 104 Å². The topological polar surface area (TPSA) is 15.3 Å². The molecule has 1 saturated heterocycles. The van der Waals surface area contributed by atoms with Crippen LogP contribution in [0.4, 0.5) is 0 Å². The average molecular weight is 230 g/mol. The fourth-order valence-corrected chi connectivity index (χ4v) is 2.46. The minimum atomic E-state index is 0.445. The monoisotopic (exact) mass is 230 g/mol. The molecular formula is C15H22N2. The van der Waals surface area contributed by atoms with Crippen LogP contribution in [0.25, 0.3) is 0 Å². The van der Waals surface area contributed by atoms with Gasteiger partial charge in [-0.1, -0.05) is 36.4 Å². The third-order valence-corrected chi connectivity index (χ3v) is 3.56. The van der Waals surface area contributed by atoms with Crippen molar-refractivity contribution in [3.63, 3.8) is 0 Å². The summed E-state index contributed by atoms with van der Waals surface area (Å²) in [6.45, 7) is 9.30. The second kappa shape index (κ2) is 5.99. The molecule has 0 bridgehead atoms. The van der Waals surface area contributed by atoms with E-state index in [0.29, 0.717) is 12.1 Å². The molecule has 0 aromatic heterocycles. The van der Waals surface area contributed by atoms with Crippen molar-refractivity contribution in [2.75, 3.05) is 19.6 Å². The Kier molecular flexibility index (Phi) is 4.35. The zero-order valence-corrected chi connectivity index (χ0v) is 10.6. The first-order chi connectivity index (χ1) is 8.31. The van der Waals surface area contributed by atoms with E-state index in [9.17, 15) is 0 Å². The second-order valence-corrected chi connectivity index (χ2v) is 4.80. The van der Waals surface area contributed by atoms with Crippen molar-refractivity contribution in [3.8, 4) is 0 Å². The second-order valence-electron chi connectivity index (χ2n) is 4.80. The summed E-state index contributed by atoms with van der Waals surface area (Å²) >= 11 is 0. The molecule has 0 amide bonds. The Morgan fingerprint density at radius 1 is 1.41 bits per heavy atom. The van der Waals surface area contributed by atoms with Gasteiger partial charge in [-0.05, 0) is 25.5 Å². The molecule has 2 unspecified atom stereocenters. The predicted molar refractivity (Wildman–Crippen MR) is 73.0 cm³/mol. The smallest absolute Gasteiger partial charge is 0.0449 e. The molecule has 1 aliphatic rings. The van der Waals surface area contributed by atoms with Gasteiger partial charge in [0.2, 0.25) is 0 Å². The van der Waals surface area contributed by atoms with E-state index in [1.165, 1.54) is 12.0 Å². The normalized spacial score (nSPS) is 26.4. The highest BCUT2D eigenvalue weighted by atomic mass is 15.2. The van der Waals surface area contributed by atoms with Crippen LogP contribution >= 0.6 is 0 Å². The van der Waals surface area contributed by atoms with Crippen LogP contribution in [0.15, 0.2) is 43.0 Å². The Balaban J connectivity index is 2.10. The quantitative estimate of drug-likeness (QED) is 0.803. The van der Waals surface area contributed by atoms with Gasteiger partial charge in [0.15, 0.2) is 0 Å². The fourth-order valence-electron chi connectivity index (χ4n) is 2.46. The molecule has 1 aromatic carbocycles. The summed E-state index contributed by atoms with van der Waals surface area (Å²) in [4.78, 5) is 2.50. The minimum Gasteiger partial charge on any atom is -0.309 e. The molecule has 1 N–H and O–H groups in total. The van der Waals surface area contributed by atoms with Gasteiger partial charge < -0.3 is 5.32 Å². The summed E-state index contributed by atoms with van der Waals surface area (Å²) < 4.78 is 0. The molecule has 17 heavy (non-hydrogen) atoms. The highest BCUT2D eigenvalue weighted by Gasteiger charge is 2.22. The number of rotatable bonds is 3. The maximum absolute atomic E-state index is 3.86. The van der Waals surface area contributed by atoms with Gasteiger partial charge in [-0.2, -0.15) is 0 Å². The largest absolute Gasteiger partial charge is 0.309 e. The molecule has 0 aliphatic carbocycles. The predicted octanol–water partition coefficient (Wildman–Crippen LogP) is 2.60. The Morgan fingerprint density at radius 2 is 2.18 bits per heavy atom. The van der Waals surface area contributed by atoms with Crippen LogP contribution in [0, 0.1) is 0 Å². The van der Waals surface area contributed by atoms with Crippen LogP contribution < -0.4 is 5.32 Å². The number of hydrogen-bond acceptors (Lipinski definition) is 2. The highest BCUT2D eigenvalue weighted by Crippen LogP contribution is 2.19. The van der Waals surface area contributed by atoms with E-state index in [4.69, 9.17) is 0 Å². The van der Waals surface area contributed by atoms with Crippen LogP contribution in [0.1, 0.15) is 24.9 Å². The molecule has 92 valence electrons. The molecule has 1 heterocycles. The summed E-state index contributed by atoms with van der Waals surface area (Å²) in [5.41, 5.74) is 1.38. The molecule has 0 spiro atoms. The molecule has 1 aromatic rings. The van der Waals surface area contributed by atoms with Gasteiger partial charge in [0.1, 0.15) is 0 Å². The maximum atomic E-state index is 3.86. The van der Waals surface area contributed by atoms with Gasteiger partial charge in [-0.15, -0.1) is 6.58 Å². The summed E-state index contributed by atoms with van der Waals surface area (Å²) in [7, 11) is 0. The molecule has 1 aliphatic heterocycles. The third-order valence-electron chi connectivity index (χ3n) is 3.56. The molecule has 0 radical (unpaired) electrons. The highest BCUT2D eigenvalue weighted by molar-refractivity contribution is 5.19. The van der Waals surface area contributed by atoms with E-state index in [-0.39, 0.29) is 0 Å². The lowest BCUT2D eigenvalue weighted by Gasteiger charge is -2.28. The molecule has 2 rings (SSSR count). The standard InChI is InChI=1S/C15H22N2/c1-3-11-17-12-15(16-10-9-13(17)2)14-7-5-4-6-8-14/h3-8,13,15-16H,1,9-12H2,2H3. The van der Waals surface area contributed by atoms with Gasteiger partial charge in [0.05, 0.1) is 0 Å². The van der Waals surface area contributed by atoms with E-state index in [1.807, 2.05) is 6.08 Å². The first kappa shape index (κ1) is 12.3. The molecule has 2 heteroatoms. The third kappa shape index (κ3) is 3.18. The number of nitrogens with zero attached hydrogens (tertiary/aromatic N) is 1. The maximum Gasteiger partial charge on any atom is 0.0449 e. The zero-order chi connectivity index (χ0) is 12.1. The van der Waals surface area contributed by atoms with E-state index in [0.717, 1.165) is 19.6 Å². The Bertz CT molecular complexity index is 347. The van der Waals surface area contributed by atoms with E-state index >= 15 is 0 Å². The summed E-state index contributed by atoms with van der Waals surface area (Å²) in [6, 6.07) is 11.8. The Morgan fingerprint density at radius 3 is 2.88 bits per heavy atom. The van der Waals surface area contributed by atoms with Crippen molar-refractivity contribution in [2.45, 2.75) is 25.4 Å². The molecular weight excluding hydrogens is 208 g/mol. The van der Waals surface area contributed by atoms with Crippen LogP contribution in [-0.2, 0) is 0 Å². The van der Waals surface area contributed by atoms with E-state index in [2.05, 4.69) is 54.1 Å². The van der Waals surface area contributed by atoms with Gasteiger partial charge in [0, 0.05) is 25.2 Å². The number of nitrogens with one attached hydrogen (secondary N) is 1. The lowest BCUT2D eigenvalue weighted by molar-refractivity contribution is 0.227. The molecule has 1 fully saturated rings. The summed E-state index contributed by atoms with van der Waals surface area (Å²) in [6.07, 6.45) is 3.21. The number of hydrogen-bond donors (Lipinski definition) is 1.